The zero-order valence-electron chi connectivity index (χ0n) is 18.2. The van der Waals surface area contributed by atoms with Crippen molar-refractivity contribution in [2.75, 3.05) is 66.1 Å². The van der Waals surface area contributed by atoms with Crippen LogP contribution >= 0.6 is 11.3 Å². The van der Waals surface area contributed by atoms with E-state index in [-0.39, 0.29) is 5.91 Å². The van der Waals surface area contributed by atoms with E-state index in [1.165, 1.54) is 4.88 Å². The molecule has 0 spiro atoms. The molecule has 3 rings (SSSR count). The lowest BCUT2D eigenvalue weighted by Crippen LogP contribution is -2.54. The van der Waals surface area contributed by atoms with Crippen LogP contribution in [0.15, 0.2) is 45.3 Å². The predicted molar refractivity (Wildman–Crippen MR) is 124 cm³/mol. The van der Waals surface area contributed by atoms with Crippen LogP contribution in [0.1, 0.15) is 10.6 Å². The Bertz CT molecular complexity index is 771. The second-order valence-corrected chi connectivity index (χ2v) is 8.43. The summed E-state index contributed by atoms with van der Waals surface area (Å²) in [4.78, 5) is 22.7. The minimum Gasteiger partial charge on any atom is -0.469 e. The summed E-state index contributed by atoms with van der Waals surface area (Å²) in [6.07, 6.45) is 3.47. The first-order chi connectivity index (χ1) is 15.2. The fourth-order valence-electron chi connectivity index (χ4n) is 3.42. The molecule has 0 aromatic carbocycles. The van der Waals surface area contributed by atoms with E-state index in [1.807, 2.05) is 12.1 Å². The van der Waals surface area contributed by atoms with Crippen LogP contribution in [0.4, 0.5) is 0 Å². The number of furan rings is 1. The zero-order valence-corrected chi connectivity index (χ0v) is 19.0. The van der Waals surface area contributed by atoms with Crippen molar-refractivity contribution in [3.63, 3.8) is 0 Å². The van der Waals surface area contributed by atoms with Crippen molar-refractivity contribution in [2.45, 2.75) is 12.8 Å². The van der Waals surface area contributed by atoms with Gasteiger partial charge in [0, 0.05) is 70.6 Å². The van der Waals surface area contributed by atoms with Crippen molar-refractivity contribution >= 4 is 23.2 Å². The molecule has 1 saturated heterocycles. The van der Waals surface area contributed by atoms with Crippen LogP contribution in [0, 0.1) is 0 Å². The van der Waals surface area contributed by atoms with Gasteiger partial charge in [0.1, 0.15) is 5.76 Å². The maximum absolute atomic E-state index is 12.0. The van der Waals surface area contributed by atoms with E-state index >= 15 is 0 Å². The van der Waals surface area contributed by atoms with Crippen molar-refractivity contribution in [3.05, 3.63) is 46.5 Å². The summed E-state index contributed by atoms with van der Waals surface area (Å²) in [5.41, 5.74) is 0. The van der Waals surface area contributed by atoms with Crippen molar-refractivity contribution < 1.29 is 13.9 Å². The molecule has 2 aromatic heterocycles. The maximum atomic E-state index is 12.0. The van der Waals surface area contributed by atoms with Gasteiger partial charge in [0.15, 0.2) is 5.96 Å². The van der Waals surface area contributed by atoms with Crippen LogP contribution in [0.25, 0.3) is 0 Å². The van der Waals surface area contributed by atoms with Crippen molar-refractivity contribution in [2.24, 2.45) is 4.99 Å². The predicted octanol–water partition coefficient (Wildman–Crippen LogP) is 1.45. The van der Waals surface area contributed by atoms with Crippen molar-refractivity contribution in [3.8, 4) is 0 Å². The number of carbonyl (C=O) groups excluding carboxylic acids is 1. The van der Waals surface area contributed by atoms with Crippen molar-refractivity contribution in [1.29, 1.82) is 0 Å². The molecule has 1 amide bonds. The molecule has 170 valence electrons. The molecule has 0 radical (unpaired) electrons. The van der Waals surface area contributed by atoms with Gasteiger partial charge in [-0.25, -0.2) is 0 Å². The topological polar surface area (TPSA) is 82.3 Å². The summed E-state index contributed by atoms with van der Waals surface area (Å²) >= 11 is 1.77. The molecule has 0 bridgehead atoms. The van der Waals surface area contributed by atoms with E-state index in [0.29, 0.717) is 19.7 Å². The van der Waals surface area contributed by atoms with Crippen LogP contribution in [-0.4, -0.2) is 87.7 Å². The first-order valence-corrected chi connectivity index (χ1v) is 11.7. The van der Waals surface area contributed by atoms with E-state index in [4.69, 9.17) is 14.1 Å². The van der Waals surface area contributed by atoms with Crippen LogP contribution in [0.5, 0.6) is 0 Å². The molecular formula is C22H33N5O3S. The minimum absolute atomic E-state index is 0.0481. The molecule has 2 N–H and O–H groups in total. The number of rotatable bonds is 11. The first-order valence-electron chi connectivity index (χ1n) is 10.8. The number of nitrogens with one attached hydrogen (secondary N) is 2. The summed E-state index contributed by atoms with van der Waals surface area (Å²) in [6, 6.07) is 8.14. The van der Waals surface area contributed by atoms with Gasteiger partial charge >= 0.3 is 0 Å². The first kappa shape index (κ1) is 23.3. The van der Waals surface area contributed by atoms with Gasteiger partial charge in [0.05, 0.1) is 19.4 Å². The molecule has 3 heterocycles. The largest absolute Gasteiger partial charge is 0.469 e. The van der Waals surface area contributed by atoms with Gasteiger partial charge in [-0.05, 0) is 23.6 Å². The SMILES string of the molecule is COCCNC(=O)CN1CCN(C(=NCCc2cccs2)NCCc2ccco2)CC1. The summed E-state index contributed by atoms with van der Waals surface area (Å²) in [6.45, 7) is 6.40. The number of thiophene rings is 1. The highest BCUT2D eigenvalue weighted by atomic mass is 32.1. The normalized spacial score (nSPS) is 15.3. The molecule has 1 aliphatic rings. The number of methoxy groups -OCH3 is 1. The Morgan fingerprint density at radius 3 is 2.74 bits per heavy atom. The van der Waals surface area contributed by atoms with Gasteiger partial charge < -0.3 is 24.7 Å². The van der Waals surface area contributed by atoms with Gasteiger partial charge in [0.2, 0.25) is 5.91 Å². The monoisotopic (exact) mass is 447 g/mol. The average Bonchev–Trinajstić information content (AvgIpc) is 3.48. The molecule has 9 heteroatoms. The fraction of sp³-hybridized carbons (Fsp3) is 0.545. The minimum atomic E-state index is 0.0481. The Kier molecular flexibility index (Phi) is 9.88. The standard InChI is InChI=1S/C22H33N5O3S/c1-29-16-10-23-21(28)18-26-11-13-27(14-12-26)22(24-8-6-19-4-2-15-30-19)25-9-7-20-5-3-17-31-20/h2-5,15,17H,6-14,16,18H2,1H3,(H,23,28)(H,24,25). The molecule has 8 nitrogen and oxygen atoms in total. The van der Waals surface area contributed by atoms with Gasteiger partial charge in [-0.15, -0.1) is 11.3 Å². The lowest BCUT2D eigenvalue weighted by molar-refractivity contribution is -0.122. The molecule has 0 unspecified atom stereocenters. The van der Waals surface area contributed by atoms with Gasteiger partial charge in [-0.1, -0.05) is 6.07 Å². The fourth-order valence-corrected chi connectivity index (χ4v) is 4.11. The summed E-state index contributed by atoms with van der Waals surface area (Å²) in [7, 11) is 1.63. The molecule has 31 heavy (non-hydrogen) atoms. The van der Waals surface area contributed by atoms with E-state index in [2.05, 4.69) is 37.9 Å². The van der Waals surface area contributed by atoms with Crippen molar-refractivity contribution in [1.82, 2.24) is 20.4 Å². The molecule has 0 aliphatic carbocycles. The lowest BCUT2D eigenvalue weighted by Gasteiger charge is -2.36. The van der Waals surface area contributed by atoms with Gasteiger partial charge in [-0.3, -0.25) is 14.7 Å². The Hall–Kier alpha value is -2.36. The second-order valence-electron chi connectivity index (χ2n) is 7.40. The lowest BCUT2D eigenvalue weighted by atomic mass is 10.3. The van der Waals surface area contributed by atoms with Crippen LogP contribution in [-0.2, 0) is 22.4 Å². The smallest absolute Gasteiger partial charge is 0.234 e. The van der Waals surface area contributed by atoms with E-state index in [9.17, 15) is 4.79 Å². The summed E-state index contributed by atoms with van der Waals surface area (Å²) in [5.74, 6) is 1.95. The average molecular weight is 448 g/mol. The summed E-state index contributed by atoms with van der Waals surface area (Å²) < 4.78 is 10.4. The number of guanidine groups is 1. The number of amides is 1. The highest BCUT2D eigenvalue weighted by Gasteiger charge is 2.21. The number of hydrogen-bond acceptors (Lipinski definition) is 6. The quantitative estimate of drug-likeness (QED) is 0.308. The Morgan fingerprint density at radius 1 is 1.16 bits per heavy atom. The summed E-state index contributed by atoms with van der Waals surface area (Å²) in [5, 5.41) is 8.49. The highest BCUT2D eigenvalue weighted by molar-refractivity contribution is 7.09. The highest BCUT2D eigenvalue weighted by Crippen LogP contribution is 2.09. The number of piperazine rings is 1. The molecule has 0 saturated carbocycles. The number of ether oxygens (including phenoxy) is 1. The Balaban J connectivity index is 1.47. The number of hydrogen-bond donors (Lipinski definition) is 2. The molecule has 1 aliphatic heterocycles. The number of nitrogens with zero attached hydrogens (tertiary/aromatic N) is 3. The van der Waals surface area contributed by atoms with Crippen LogP contribution in [0.2, 0.25) is 0 Å². The van der Waals surface area contributed by atoms with E-state index in [1.54, 1.807) is 24.7 Å². The van der Waals surface area contributed by atoms with Crippen LogP contribution in [0.3, 0.4) is 0 Å². The molecular weight excluding hydrogens is 414 g/mol. The maximum Gasteiger partial charge on any atom is 0.234 e. The zero-order chi connectivity index (χ0) is 21.7. The third-order valence-electron chi connectivity index (χ3n) is 5.10. The third kappa shape index (κ3) is 8.35. The second kappa shape index (κ2) is 13.1. The van der Waals surface area contributed by atoms with Gasteiger partial charge in [-0.2, -0.15) is 0 Å². The molecule has 1 fully saturated rings. The molecule has 2 aromatic rings. The Morgan fingerprint density at radius 2 is 2.03 bits per heavy atom. The van der Waals surface area contributed by atoms with Crippen LogP contribution < -0.4 is 10.6 Å². The number of carbonyl (C=O) groups is 1. The van der Waals surface area contributed by atoms with E-state index in [0.717, 1.165) is 63.8 Å². The Labute approximate surface area is 188 Å². The third-order valence-corrected chi connectivity index (χ3v) is 6.04. The van der Waals surface area contributed by atoms with Gasteiger partial charge in [0.25, 0.3) is 0 Å². The molecule has 0 atom stereocenters. The van der Waals surface area contributed by atoms with E-state index < -0.39 is 0 Å². The number of aliphatic imine (C=N–C) groups is 1.